The van der Waals surface area contributed by atoms with Crippen molar-refractivity contribution in [3.05, 3.63) is 29.8 Å². The zero-order valence-electron chi connectivity index (χ0n) is 10.4. The quantitative estimate of drug-likeness (QED) is 0.827. The van der Waals surface area contributed by atoms with Crippen molar-refractivity contribution >= 4 is 23.1 Å². The van der Waals surface area contributed by atoms with Crippen molar-refractivity contribution in [3.8, 4) is 0 Å². The summed E-state index contributed by atoms with van der Waals surface area (Å²) in [5, 5.41) is 0. The van der Waals surface area contributed by atoms with E-state index in [-0.39, 0.29) is 17.5 Å². The average molecular weight is 269 g/mol. The number of halogens is 1. The van der Waals surface area contributed by atoms with Gasteiger partial charge in [0.25, 0.3) is 5.91 Å². The lowest BCUT2D eigenvalue weighted by Gasteiger charge is -2.26. The minimum absolute atomic E-state index is 0.0154. The van der Waals surface area contributed by atoms with Gasteiger partial charge < -0.3 is 10.6 Å². The molecule has 0 aliphatic rings. The Hall–Kier alpha value is -1.56. The lowest BCUT2D eigenvalue weighted by Crippen LogP contribution is -2.39. The van der Waals surface area contributed by atoms with Gasteiger partial charge in [0.15, 0.2) is 5.82 Å². The van der Waals surface area contributed by atoms with Crippen molar-refractivity contribution in [2.75, 3.05) is 6.54 Å². The zero-order chi connectivity index (χ0) is 13.7. The Kier molecular flexibility index (Phi) is 5.15. The van der Waals surface area contributed by atoms with Crippen LogP contribution in [0.5, 0.6) is 0 Å². The minimum Gasteiger partial charge on any atom is -0.393 e. The number of aromatic nitrogens is 1. The molecule has 0 fully saturated rings. The molecule has 0 atom stereocenters. The van der Waals surface area contributed by atoms with Crippen molar-refractivity contribution in [3.63, 3.8) is 0 Å². The summed E-state index contributed by atoms with van der Waals surface area (Å²) >= 11 is 4.79. The largest absolute Gasteiger partial charge is 0.393 e. The Morgan fingerprint density at radius 1 is 1.61 bits per heavy atom. The fraction of sp³-hybridized carbons (Fsp3) is 0.417. The standard InChI is InChI=1S/C12H16FN3OS/c1-8(2)16(6-4-11(14)18)12(17)9-3-5-15-7-10(9)13/h3,5,7-8H,4,6H2,1-2H3,(H2,14,18). The predicted octanol–water partition coefficient (Wildman–Crippen LogP) is 1.75. The van der Waals surface area contributed by atoms with E-state index in [4.69, 9.17) is 18.0 Å². The van der Waals surface area contributed by atoms with Crippen molar-refractivity contribution in [1.29, 1.82) is 0 Å². The highest BCUT2D eigenvalue weighted by Gasteiger charge is 2.21. The number of nitrogens with two attached hydrogens (primary N) is 1. The first-order chi connectivity index (χ1) is 8.43. The monoisotopic (exact) mass is 269 g/mol. The average Bonchev–Trinajstić information content (AvgIpc) is 2.28. The number of amides is 1. The van der Waals surface area contributed by atoms with Gasteiger partial charge in [-0.25, -0.2) is 4.39 Å². The first kappa shape index (κ1) is 14.5. The summed E-state index contributed by atoms with van der Waals surface area (Å²) in [7, 11) is 0. The van der Waals surface area contributed by atoms with E-state index in [0.717, 1.165) is 6.20 Å². The third kappa shape index (κ3) is 3.73. The van der Waals surface area contributed by atoms with Gasteiger partial charge in [0, 0.05) is 25.2 Å². The number of thiocarbonyl (C=S) groups is 1. The molecule has 0 spiro atoms. The first-order valence-corrected chi connectivity index (χ1v) is 6.03. The number of hydrogen-bond donors (Lipinski definition) is 1. The number of rotatable bonds is 5. The molecule has 1 aromatic heterocycles. The second kappa shape index (κ2) is 6.39. The molecule has 0 radical (unpaired) electrons. The maximum Gasteiger partial charge on any atom is 0.257 e. The van der Waals surface area contributed by atoms with E-state index in [1.165, 1.54) is 17.2 Å². The van der Waals surface area contributed by atoms with Gasteiger partial charge in [0.2, 0.25) is 0 Å². The Labute approximate surface area is 111 Å². The van der Waals surface area contributed by atoms with Gasteiger partial charge in [0.05, 0.1) is 16.7 Å². The Morgan fingerprint density at radius 3 is 2.78 bits per heavy atom. The number of carbonyl (C=O) groups excluding carboxylic acids is 1. The van der Waals surface area contributed by atoms with Crippen LogP contribution in [-0.4, -0.2) is 33.4 Å². The second-order valence-corrected chi connectivity index (χ2v) is 4.69. The summed E-state index contributed by atoms with van der Waals surface area (Å²) in [5.41, 5.74) is 5.43. The van der Waals surface area contributed by atoms with Crippen LogP contribution in [0, 0.1) is 5.82 Å². The van der Waals surface area contributed by atoms with E-state index >= 15 is 0 Å². The summed E-state index contributed by atoms with van der Waals surface area (Å²) in [6, 6.07) is 1.31. The third-order valence-electron chi connectivity index (χ3n) is 2.49. The van der Waals surface area contributed by atoms with Crippen LogP contribution >= 0.6 is 12.2 Å². The second-order valence-electron chi connectivity index (χ2n) is 4.16. The Bertz CT molecular complexity index is 451. The van der Waals surface area contributed by atoms with Crippen molar-refractivity contribution < 1.29 is 9.18 Å². The summed E-state index contributed by atoms with van der Waals surface area (Å²) in [4.78, 5) is 17.7. The SMILES string of the molecule is CC(C)N(CCC(N)=S)C(=O)c1ccncc1F. The maximum atomic E-state index is 13.5. The highest BCUT2D eigenvalue weighted by atomic mass is 32.1. The van der Waals surface area contributed by atoms with Gasteiger partial charge in [-0.05, 0) is 19.9 Å². The zero-order valence-corrected chi connectivity index (χ0v) is 11.2. The molecule has 1 rings (SSSR count). The van der Waals surface area contributed by atoms with E-state index in [0.29, 0.717) is 18.0 Å². The van der Waals surface area contributed by atoms with E-state index < -0.39 is 5.82 Å². The normalized spacial score (nSPS) is 10.4. The van der Waals surface area contributed by atoms with Crippen LogP contribution in [0.4, 0.5) is 4.39 Å². The van der Waals surface area contributed by atoms with Crippen LogP contribution in [0.25, 0.3) is 0 Å². The molecule has 1 aromatic rings. The van der Waals surface area contributed by atoms with Crippen LogP contribution in [0.3, 0.4) is 0 Å². The third-order valence-corrected chi connectivity index (χ3v) is 2.69. The molecule has 0 unspecified atom stereocenters. The lowest BCUT2D eigenvalue weighted by atomic mass is 10.2. The molecule has 1 heterocycles. The van der Waals surface area contributed by atoms with E-state index in [9.17, 15) is 9.18 Å². The molecule has 0 aliphatic carbocycles. The van der Waals surface area contributed by atoms with Gasteiger partial charge in [-0.2, -0.15) is 0 Å². The fourth-order valence-corrected chi connectivity index (χ4v) is 1.62. The Morgan fingerprint density at radius 2 is 2.28 bits per heavy atom. The molecule has 18 heavy (non-hydrogen) atoms. The van der Waals surface area contributed by atoms with Crippen LogP contribution in [0.2, 0.25) is 0 Å². The van der Waals surface area contributed by atoms with Gasteiger partial charge in [-0.1, -0.05) is 12.2 Å². The van der Waals surface area contributed by atoms with Crippen LogP contribution in [0.15, 0.2) is 18.5 Å². The van der Waals surface area contributed by atoms with E-state index in [1.807, 2.05) is 13.8 Å². The number of hydrogen-bond acceptors (Lipinski definition) is 3. The molecule has 0 bridgehead atoms. The molecule has 0 saturated carbocycles. The van der Waals surface area contributed by atoms with Crippen molar-refractivity contribution in [2.24, 2.45) is 5.73 Å². The number of carbonyl (C=O) groups is 1. The highest BCUT2D eigenvalue weighted by molar-refractivity contribution is 7.80. The van der Waals surface area contributed by atoms with E-state index in [2.05, 4.69) is 4.98 Å². The lowest BCUT2D eigenvalue weighted by molar-refractivity contribution is 0.0706. The summed E-state index contributed by atoms with van der Waals surface area (Å²) in [6.07, 6.45) is 2.84. The van der Waals surface area contributed by atoms with E-state index in [1.54, 1.807) is 0 Å². The van der Waals surface area contributed by atoms with Crippen molar-refractivity contribution in [2.45, 2.75) is 26.3 Å². The molecule has 0 aromatic carbocycles. The summed E-state index contributed by atoms with van der Waals surface area (Å²) < 4.78 is 13.5. The fourth-order valence-electron chi connectivity index (χ4n) is 1.53. The number of pyridine rings is 1. The molecule has 0 saturated heterocycles. The van der Waals surface area contributed by atoms with Gasteiger partial charge >= 0.3 is 0 Å². The molecule has 4 nitrogen and oxygen atoms in total. The summed E-state index contributed by atoms with van der Waals surface area (Å²) in [5.74, 6) is -0.996. The molecular formula is C12H16FN3OS. The van der Waals surface area contributed by atoms with Gasteiger partial charge in [-0.15, -0.1) is 0 Å². The maximum absolute atomic E-state index is 13.5. The molecule has 2 N–H and O–H groups in total. The van der Waals surface area contributed by atoms with Gasteiger partial charge in [-0.3, -0.25) is 9.78 Å². The molecule has 1 amide bonds. The summed E-state index contributed by atoms with van der Waals surface area (Å²) in [6.45, 7) is 4.10. The predicted molar refractivity (Wildman–Crippen MR) is 71.8 cm³/mol. The molecule has 98 valence electrons. The molecular weight excluding hydrogens is 253 g/mol. The topological polar surface area (TPSA) is 59.2 Å². The first-order valence-electron chi connectivity index (χ1n) is 5.62. The Balaban J connectivity index is 2.90. The van der Waals surface area contributed by atoms with Crippen molar-refractivity contribution in [1.82, 2.24) is 9.88 Å². The van der Waals surface area contributed by atoms with Gasteiger partial charge in [0.1, 0.15) is 0 Å². The molecule has 0 aliphatic heterocycles. The van der Waals surface area contributed by atoms with Crippen LogP contribution in [-0.2, 0) is 0 Å². The number of nitrogens with zero attached hydrogens (tertiary/aromatic N) is 2. The highest BCUT2D eigenvalue weighted by Crippen LogP contribution is 2.11. The molecule has 6 heteroatoms. The smallest absolute Gasteiger partial charge is 0.257 e. The minimum atomic E-state index is -0.622. The van der Waals surface area contributed by atoms with Crippen LogP contribution in [0.1, 0.15) is 30.6 Å². The van der Waals surface area contributed by atoms with Crippen LogP contribution < -0.4 is 5.73 Å².